The van der Waals surface area contributed by atoms with E-state index in [4.69, 9.17) is 4.74 Å². The van der Waals surface area contributed by atoms with E-state index in [9.17, 15) is 18.0 Å². The molecule has 1 aliphatic carbocycles. The largest absolute Gasteiger partial charge is 0.497 e. The van der Waals surface area contributed by atoms with E-state index < -0.39 is 11.7 Å². The third-order valence-corrected chi connectivity index (χ3v) is 5.84. The highest BCUT2D eigenvalue weighted by Crippen LogP contribution is 2.34. The number of aliphatic imine (C=N–C) groups is 1. The number of halogens is 3. The lowest BCUT2D eigenvalue weighted by atomic mass is 10.1. The summed E-state index contributed by atoms with van der Waals surface area (Å²) >= 11 is 0. The van der Waals surface area contributed by atoms with Gasteiger partial charge in [-0.15, -0.1) is 0 Å². The molecule has 1 amide bonds. The Morgan fingerprint density at radius 2 is 2.00 bits per heavy atom. The van der Waals surface area contributed by atoms with Gasteiger partial charge in [-0.05, 0) is 37.0 Å². The van der Waals surface area contributed by atoms with Crippen LogP contribution in [0.2, 0.25) is 0 Å². The van der Waals surface area contributed by atoms with E-state index in [0.29, 0.717) is 19.0 Å². The van der Waals surface area contributed by atoms with Gasteiger partial charge < -0.3 is 20.3 Å². The first-order valence-electron chi connectivity index (χ1n) is 10.3. The molecular formula is C21H29F3N4O2. The van der Waals surface area contributed by atoms with Gasteiger partial charge in [0.1, 0.15) is 5.75 Å². The molecule has 1 aromatic rings. The summed E-state index contributed by atoms with van der Waals surface area (Å²) in [6.45, 7) is 1.25. The number of amides is 1. The smallest absolute Gasteiger partial charge is 0.416 e. The number of guanidine groups is 1. The molecule has 1 unspecified atom stereocenters. The van der Waals surface area contributed by atoms with Crippen molar-refractivity contribution < 1.29 is 22.7 Å². The van der Waals surface area contributed by atoms with E-state index in [1.165, 1.54) is 19.2 Å². The average Bonchev–Trinajstić information content (AvgIpc) is 3.42. The van der Waals surface area contributed by atoms with E-state index in [2.05, 4.69) is 15.6 Å². The predicted octanol–water partition coefficient (Wildman–Crippen LogP) is 3.17. The summed E-state index contributed by atoms with van der Waals surface area (Å²) in [4.78, 5) is 18.6. The van der Waals surface area contributed by atoms with Crippen LogP contribution in [0.25, 0.3) is 0 Å². The van der Waals surface area contributed by atoms with Crippen LogP contribution in [0.15, 0.2) is 23.2 Å². The topological polar surface area (TPSA) is 66.0 Å². The number of ether oxygens (including phenoxy) is 1. The fourth-order valence-corrected chi connectivity index (χ4v) is 4.18. The van der Waals surface area contributed by atoms with Crippen LogP contribution in [0.3, 0.4) is 0 Å². The van der Waals surface area contributed by atoms with Gasteiger partial charge in [0.15, 0.2) is 5.96 Å². The molecule has 0 radical (unpaired) electrons. The lowest BCUT2D eigenvalue weighted by molar-refractivity contribution is -0.138. The SMILES string of the molecule is CN=C(NCc1ccc(OC)cc1C(F)(F)F)NC1CCN(C(=O)C2CCCC2)C1. The lowest BCUT2D eigenvalue weighted by Crippen LogP contribution is -2.45. The maximum atomic E-state index is 13.4. The summed E-state index contributed by atoms with van der Waals surface area (Å²) in [5.74, 6) is 0.954. The van der Waals surface area contributed by atoms with E-state index in [-0.39, 0.29) is 35.7 Å². The summed E-state index contributed by atoms with van der Waals surface area (Å²) in [5, 5.41) is 6.19. The molecule has 1 saturated carbocycles. The highest BCUT2D eigenvalue weighted by Gasteiger charge is 2.34. The number of hydrogen-bond acceptors (Lipinski definition) is 3. The van der Waals surface area contributed by atoms with E-state index in [1.54, 1.807) is 7.05 Å². The van der Waals surface area contributed by atoms with Crippen LogP contribution in [-0.4, -0.2) is 50.1 Å². The zero-order valence-electron chi connectivity index (χ0n) is 17.4. The van der Waals surface area contributed by atoms with Gasteiger partial charge >= 0.3 is 6.18 Å². The molecule has 1 aliphatic heterocycles. The lowest BCUT2D eigenvalue weighted by Gasteiger charge is -2.22. The van der Waals surface area contributed by atoms with Crippen molar-refractivity contribution in [2.24, 2.45) is 10.9 Å². The molecule has 2 aliphatic rings. The molecule has 0 bridgehead atoms. The van der Waals surface area contributed by atoms with Gasteiger partial charge in [0.2, 0.25) is 5.91 Å². The van der Waals surface area contributed by atoms with Crippen molar-refractivity contribution in [2.45, 2.75) is 50.9 Å². The van der Waals surface area contributed by atoms with Gasteiger partial charge in [0.25, 0.3) is 0 Å². The Hall–Kier alpha value is -2.45. The third kappa shape index (κ3) is 5.37. The van der Waals surface area contributed by atoms with Crippen molar-refractivity contribution in [3.63, 3.8) is 0 Å². The minimum absolute atomic E-state index is 0.0273. The van der Waals surface area contributed by atoms with Crippen molar-refractivity contribution >= 4 is 11.9 Å². The molecule has 1 saturated heterocycles. The van der Waals surface area contributed by atoms with Crippen LogP contribution in [-0.2, 0) is 17.5 Å². The van der Waals surface area contributed by atoms with Gasteiger partial charge in [0, 0.05) is 38.6 Å². The number of hydrogen-bond donors (Lipinski definition) is 2. The fraction of sp³-hybridized carbons (Fsp3) is 0.619. The number of benzene rings is 1. The molecule has 1 atom stereocenters. The molecule has 2 fully saturated rings. The minimum atomic E-state index is -4.48. The van der Waals surface area contributed by atoms with Gasteiger partial charge in [-0.1, -0.05) is 18.9 Å². The highest BCUT2D eigenvalue weighted by atomic mass is 19.4. The Bertz CT molecular complexity index is 776. The second-order valence-corrected chi connectivity index (χ2v) is 7.84. The number of alkyl halides is 3. The quantitative estimate of drug-likeness (QED) is 0.561. The zero-order valence-corrected chi connectivity index (χ0v) is 17.4. The zero-order chi connectivity index (χ0) is 21.7. The summed E-state index contributed by atoms with van der Waals surface area (Å²) < 4.78 is 45.1. The summed E-state index contributed by atoms with van der Waals surface area (Å²) in [6.07, 6.45) is 0.492. The summed E-state index contributed by atoms with van der Waals surface area (Å²) in [5.41, 5.74) is -0.630. The number of nitrogens with zero attached hydrogens (tertiary/aromatic N) is 2. The monoisotopic (exact) mass is 426 g/mol. The number of carbonyl (C=O) groups is 1. The maximum Gasteiger partial charge on any atom is 0.416 e. The van der Waals surface area contributed by atoms with Crippen molar-refractivity contribution in [3.8, 4) is 5.75 Å². The van der Waals surface area contributed by atoms with Crippen LogP contribution < -0.4 is 15.4 Å². The normalized spacial score (nSPS) is 20.5. The second-order valence-electron chi connectivity index (χ2n) is 7.84. The van der Waals surface area contributed by atoms with Crippen molar-refractivity contribution in [2.75, 3.05) is 27.2 Å². The molecule has 0 spiro atoms. The summed E-state index contributed by atoms with van der Waals surface area (Å²) in [6, 6.07) is 3.93. The first kappa shape index (κ1) is 22.2. The van der Waals surface area contributed by atoms with Gasteiger partial charge in [0.05, 0.1) is 12.7 Å². The molecule has 1 aromatic carbocycles. The van der Waals surface area contributed by atoms with Crippen LogP contribution >= 0.6 is 0 Å². The maximum absolute atomic E-state index is 13.4. The van der Waals surface area contributed by atoms with Crippen LogP contribution in [0, 0.1) is 5.92 Å². The predicted molar refractivity (Wildman–Crippen MR) is 108 cm³/mol. The number of rotatable bonds is 5. The second kappa shape index (κ2) is 9.57. The number of likely N-dealkylation sites (tertiary alicyclic amines) is 1. The number of carbonyl (C=O) groups excluding carboxylic acids is 1. The fourth-order valence-electron chi connectivity index (χ4n) is 4.18. The Kier molecular flexibility index (Phi) is 7.10. The van der Waals surface area contributed by atoms with Crippen molar-refractivity contribution in [1.29, 1.82) is 0 Å². The Balaban J connectivity index is 1.56. The van der Waals surface area contributed by atoms with Gasteiger partial charge in [-0.3, -0.25) is 9.79 Å². The number of nitrogens with one attached hydrogen (secondary N) is 2. The number of methoxy groups -OCH3 is 1. The molecule has 9 heteroatoms. The Morgan fingerprint density at radius 1 is 1.27 bits per heavy atom. The molecular weight excluding hydrogens is 397 g/mol. The van der Waals surface area contributed by atoms with E-state index in [1.807, 2.05) is 4.90 Å². The highest BCUT2D eigenvalue weighted by molar-refractivity contribution is 5.81. The van der Waals surface area contributed by atoms with Crippen LogP contribution in [0.1, 0.15) is 43.2 Å². The molecule has 6 nitrogen and oxygen atoms in total. The third-order valence-electron chi connectivity index (χ3n) is 5.84. The molecule has 166 valence electrons. The Morgan fingerprint density at radius 3 is 2.63 bits per heavy atom. The standard InChI is InChI=1S/C21H29F3N4O2/c1-25-20(26-12-15-7-8-17(30-2)11-18(15)21(22,23)24)27-16-9-10-28(13-16)19(29)14-5-3-4-6-14/h7-8,11,14,16H,3-6,9-10,12-13H2,1-2H3,(H2,25,26,27). The Labute approximate surface area is 174 Å². The van der Waals surface area contributed by atoms with Crippen molar-refractivity contribution in [1.82, 2.24) is 15.5 Å². The van der Waals surface area contributed by atoms with Crippen molar-refractivity contribution in [3.05, 3.63) is 29.3 Å². The van der Waals surface area contributed by atoms with Crippen LogP contribution in [0.5, 0.6) is 5.75 Å². The van der Waals surface area contributed by atoms with Crippen LogP contribution in [0.4, 0.5) is 13.2 Å². The average molecular weight is 426 g/mol. The minimum Gasteiger partial charge on any atom is -0.497 e. The molecule has 0 aromatic heterocycles. The van der Waals surface area contributed by atoms with E-state index >= 15 is 0 Å². The molecule has 3 rings (SSSR count). The summed E-state index contributed by atoms with van der Waals surface area (Å²) in [7, 11) is 2.91. The van der Waals surface area contributed by atoms with Gasteiger partial charge in [-0.2, -0.15) is 13.2 Å². The first-order chi connectivity index (χ1) is 14.3. The molecule has 30 heavy (non-hydrogen) atoms. The molecule has 1 heterocycles. The van der Waals surface area contributed by atoms with Gasteiger partial charge in [-0.25, -0.2) is 0 Å². The first-order valence-corrected chi connectivity index (χ1v) is 10.3. The van der Waals surface area contributed by atoms with E-state index in [0.717, 1.165) is 38.2 Å². The molecule has 2 N–H and O–H groups in total.